The van der Waals surface area contributed by atoms with E-state index in [-0.39, 0.29) is 11.9 Å². The van der Waals surface area contributed by atoms with Crippen molar-refractivity contribution >= 4 is 5.91 Å². The molecule has 0 saturated heterocycles. The van der Waals surface area contributed by atoms with E-state index < -0.39 is 0 Å². The van der Waals surface area contributed by atoms with E-state index in [0.717, 1.165) is 18.5 Å². The summed E-state index contributed by atoms with van der Waals surface area (Å²) in [5, 5.41) is 11.0. The maximum atomic E-state index is 12.3. The van der Waals surface area contributed by atoms with E-state index in [2.05, 4.69) is 15.5 Å². The van der Waals surface area contributed by atoms with Crippen molar-refractivity contribution < 1.29 is 4.79 Å². The smallest absolute Gasteiger partial charge is 0.253 e. The van der Waals surface area contributed by atoms with Crippen LogP contribution in [0.15, 0.2) is 6.07 Å². The lowest BCUT2D eigenvalue weighted by molar-refractivity contribution is 0.0922. The zero-order chi connectivity index (χ0) is 13.8. The van der Waals surface area contributed by atoms with Gasteiger partial charge in [-0.15, -0.1) is 0 Å². The Morgan fingerprint density at radius 2 is 2.11 bits per heavy atom. The van der Waals surface area contributed by atoms with Crippen molar-refractivity contribution in [2.75, 3.05) is 6.54 Å². The fraction of sp³-hybridized carbons (Fsp3) is 0.643. The molecular formula is C14H22N4O. The van der Waals surface area contributed by atoms with Crippen LogP contribution >= 0.6 is 0 Å². The number of carbonyl (C=O) groups excluding carboxylic acids is 1. The van der Waals surface area contributed by atoms with E-state index in [0.29, 0.717) is 23.7 Å². The molecule has 0 aliphatic heterocycles. The first-order valence-electron chi connectivity index (χ1n) is 6.93. The zero-order valence-corrected chi connectivity index (χ0v) is 11.6. The van der Waals surface area contributed by atoms with Crippen molar-refractivity contribution in [3.63, 3.8) is 0 Å². The monoisotopic (exact) mass is 262 g/mol. The summed E-state index contributed by atoms with van der Waals surface area (Å²) in [4.78, 5) is 12.3. The maximum absolute atomic E-state index is 12.3. The second-order valence-electron chi connectivity index (χ2n) is 5.34. The van der Waals surface area contributed by atoms with E-state index in [4.69, 9.17) is 5.73 Å². The Morgan fingerprint density at radius 3 is 2.74 bits per heavy atom. The van der Waals surface area contributed by atoms with Crippen LogP contribution in [-0.4, -0.2) is 28.7 Å². The Morgan fingerprint density at radius 1 is 1.42 bits per heavy atom. The summed E-state index contributed by atoms with van der Waals surface area (Å²) < 4.78 is 0. The third-order valence-corrected chi connectivity index (χ3v) is 3.88. The molecule has 0 spiro atoms. The largest absolute Gasteiger partial charge is 0.348 e. The predicted molar refractivity (Wildman–Crippen MR) is 73.8 cm³/mol. The van der Waals surface area contributed by atoms with Gasteiger partial charge in [-0.2, -0.15) is 10.2 Å². The number of aryl methyl sites for hydroxylation is 2. The lowest BCUT2D eigenvalue weighted by Crippen LogP contribution is -2.44. The Bertz CT molecular complexity index is 455. The standard InChI is InChI=1S/C14H22N4O/c1-9-7-12(10(2)18-17-9)14(19)16-13(8-15)11-5-3-4-6-11/h7,11,13H,3-6,8,15H2,1-2H3,(H,16,19). The molecule has 1 atom stereocenters. The second-order valence-corrected chi connectivity index (χ2v) is 5.34. The third-order valence-electron chi connectivity index (χ3n) is 3.88. The quantitative estimate of drug-likeness (QED) is 0.858. The number of aromatic nitrogens is 2. The Labute approximate surface area is 114 Å². The first-order valence-corrected chi connectivity index (χ1v) is 6.93. The molecule has 0 bridgehead atoms. The molecule has 0 radical (unpaired) electrons. The minimum atomic E-state index is -0.0853. The van der Waals surface area contributed by atoms with Crippen LogP contribution in [0.1, 0.15) is 47.4 Å². The number of nitrogens with two attached hydrogens (primary N) is 1. The topological polar surface area (TPSA) is 80.9 Å². The van der Waals surface area contributed by atoms with Crippen LogP contribution in [0, 0.1) is 19.8 Å². The summed E-state index contributed by atoms with van der Waals surface area (Å²) in [6.07, 6.45) is 4.81. The number of carbonyl (C=O) groups is 1. The average Bonchev–Trinajstić information content (AvgIpc) is 2.92. The molecule has 3 N–H and O–H groups in total. The van der Waals surface area contributed by atoms with Crippen molar-refractivity contribution in [1.29, 1.82) is 0 Å². The van der Waals surface area contributed by atoms with Gasteiger partial charge in [-0.05, 0) is 38.7 Å². The Balaban J connectivity index is 2.08. The van der Waals surface area contributed by atoms with Crippen LogP contribution in [0.25, 0.3) is 0 Å². The molecule has 1 unspecified atom stereocenters. The van der Waals surface area contributed by atoms with Crippen LogP contribution < -0.4 is 11.1 Å². The molecule has 0 aromatic carbocycles. The summed E-state index contributed by atoms with van der Waals surface area (Å²) in [6.45, 7) is 4.13. The second kappa shape index (κ2) is 6.10. The molecule has 1 amide bonds. The van der Waals surface area contributed by atoms with Crippen LogP contribution in [-0.2, 0) is 0 Å². The summed E-state index contributed by atoms with van der Waals surface area (Å²) in [5.41, 5.74) is 7.81. The molecule has 104 valence electrons. The van der Waals surface area contributed by atoms with Gasteiger partial charge >= 0.3 is 0 Å². The van der Waals surface area contributed by atoms with Gasteiger partial charge in [0.15, 0.2) is 0 Å². The normalized spacial score (nSPS) is 17.4. The van der Waals surface area contributed by atoms with E-state index in [1.54, 1.807) is 13.0 Å². The van der Waals surface area contributed by atoms with Gasteiger partial charge in [0.25, 0.3) is 5.91 Å². The highest BCUT2D eigenvalue weighted by atomic mass is 16.1. The summed E-state index contributed by atoms with van der Waals surface area (Å²) in [6, 6.07) is 1.85. The SMILES string of the molecule is Cc1cc(C(=O)NC(CN)C2CCCC2)c(C)nn1. The zero-order valence-electron chi connectivity index (χ0n) is 11.6. The number of nitrogens with zero attached hydrogens (tertiary/aromatic N) is 2. The fourth-order valence-electron chi connectivity index (χ4n) is 2.75. The van der Waals surface area contributed by atoms with E-state index in [1.165, 1.54) is 12.8 Å². The van der Waals surface area contributed by atoms with Crippen LogP contribution in [0.5, 0.6) is 0 Å². The van der Waals surface area contributed by atoms with Crippen molar-refractivity contribution in [1.82, 2.24) is 15.5 Å². The molecule has 1 fully saturated rings. The van der Waals surface area contributed by atoms with Gasteiger partial charge < -0.3 is 11.1 Å². The van der Waals surface area contributed by atoms with E-state index >= 15 is 0 Å². The summed E-state index contributed by atoms with van der Waals surface area (Å²) in [7, 11) is 0. The minimum Gasteiger partial charge on any atom is -0.348 e. The molecule has 2 rings (SSSR count). The fourth-order valence-corrected chi connectivity index (χ4v) is 2.75. The average molecular weight is 262 g/mol. The molecule has 1 heterocycles. The number of nitrogens with one attached hydrogen (secondary N) is 1. The van der Waals surface area contributed by atoms with Gasteiger partial charge in [0.05, 0.1) is 17.0 Å². The molecule has 19 heavy (non-hydrogen) atoms. The van der Waals surface area contributed by atoms with Crippen LogP contribution in [0.2, 0.25) is 0 Å². The molecule has 1 aliphatic rings. The van der Waals surface area contributed by atoms with Gasteiger partial charge in [0.2, 0.25) is 0 Å². The van der Waals surface area contributed by atoms with Crippen molar-refractivity contribution in [3.05, 3.63) is 23.0 Å². The first kappa shape index (κ1) is 13.9. The molecule has 1 aromatic heterocycles. The molecule has 5 heteroatoms. The summed E-state index contributed by atoms with van der Waals surface area (Å²) >= 11 is 0. The van der Waals surface area contributed by atoms with Gasteiger partial charge in [-0.1, -0.05) is 12.8 Å². The number of hydrogen-bond donors (Lipinski definition) is 2. The first-order chi connectivity index (χ1) is 9.11. The minimum absolute atomic E-state index is 0.0721. The third kappa shape index (κ3) is 3.29. The number of hydrogen-bond acceptors (Lipinski definition) is 4. The highest BCUT2D eigenvalue weighted by Crippen LogP contribution is 2.27. The van der Waals surface area contributed by atoms with E-state index in [9.17, 15) is 4.79 Å². The molecule has 1 saturated carbocycles. The number of amides is 1. The highest BCUT2D eigenvalue weighted by molar-refractivity contribution is 5.95. The van der Waals surface area contributed by atoms with Crippen LogP contribution in [0.4, 0.5) is 0 Å². The molecule has 5 nitrogen and oxygen atoms in total. The van der Waals surface area contributed by atoms with Gasteiger partial charge in [0, 0.05) is 12.6 Å². The van der Waals surface area contributed by atoms with Crippen molar-refractivity contribution in [2.24, 2.45) is 11.7 Å². The molecule has 1 aliphatic carbocycles. The van der Waals surface area contributed by atoms with Gasteiger partial charge in [0.1, 0.15) is 0 Å². The molecular weight excluding hydrogens is 240 g/mol. The van der Waals surface area contributed by atoms with Crippen molar-refractivity contribution in [3.8, 4) is 0 Å². The Hall–Kier alpha value is -1.49. The Kier molecular flexibility index (Phi) is 4.47. The maximum Gasteiger partial charge on any atom is 0.253 e. The summed E-state index contributed by atoms with van der Waals surface area (Å²) in [5.74, 6) is 0.433. The highest BCUT2D eigenvalue weighted by Gasteiger charge is 2.26. The predicted octanol–water partition coefficient (Wildman–Crippen LogP) is 1.34. The van der Waals surface area contributed by atoms with Gasteiger partial charge in [-0.25, -0.2) is 0 Å². The van der Waals surface area contributed by atoms with Gasteiger partial charge in [-0.3, -0.25) is 4.79 Å². The van der Waals surface area contributed by atoms with Crippen LogP contribution in [0.3, 0.4) is 0 Å². The lowest BCUT2D eigenvalue weighted by atomic mass is 9.97. The number of rotatable bonds is 4. The lowest BCUT2D eigenvalue weighted by Gasteiger charge is -2.23. The van der Waals surface area contributed by atoms with Crippen molar-refractivity contribution in [2.45, 2.75) is 45.6 Å². The molecule has 1 aromatic rings. The van der Waals surface area contributed by atoms with E-state index in [1.807, 2.05) is 6.92 Å².